The summed E-state index contributed by atoms with van der Waals surface area (Å²) in [5.74, 6) is -1.10. The number of nitrogens with zero attached hydrogens (tertiary/aromatic N) is 1. The number of hydrogen-bond donors (Lipinski definition) is 2. The molecule has 1 amide bonds. The molecule has 1 aromatic heterocycles. The van der Waals surface area contributed by atoms with Crippen molar-refractivity contribution in [1.82, 2.24) is 4.98 Å². The van der Waals surface area contributed by atoms with Crippen molar-refractivity contribution in [3.05, 3.63) is 23.0 Å². The van der Waals surface area contributed by atoms with Gasteiger partial charge < -0.3 is 15.8 Å². The fourth-order valence-corrected chi connectivity index (χ4v) is 1.51. The molecule has 20 heavy (non-hydrogen) atoms. The molecule has 0 aliphatic rings. The Labute approximate surface area is 122 Å². The molecule has 0 aromatic carbocycles. The summed E-state index contributed by atoms with van der Waals surface area (Å²) >= 11 is 5.80. The highest BCUT2D eigenvalue weighted by molar-refractivity contribution is 6.29. The van der Waals surface area contributed by atoms with E-state index in [-0.39, 0.29) is 10.7 Å². The smallest absolute Gasteiger partial charge is 0.342 e. The first-order chi connectivity index (χ1) is 9.10. The molecule has 1 rings (SSSR count). The minimum Gasteiger partial charge on any atom is -0.456 e. The Bertz CT molecular complexity index is 526. The summed E-state index contributed by atoms with van der Waals surface area (Å²) in [6.07, 6.45) is 1.30. The van der Waals surface area contributed by atoms with Crippen molar-refractivity contribution in [2.45, 2.75) is 39.3 Å². The number of pyridine rings is 1. The van der Waals surface area contributed by atoms with Crippen molar-refractivity contribution in [3.63, 3.8) is 0 Å². The van der Waals surface area contributed by atoms with E-state index in [1.54, 1.807) is 27.7 Å². The maximum Gasteiger partial charge on any atom is 0.342 e. The number of nitrogens with two attached hydrogens (primary N) is 1. The summed E-state index contributed by atoms with van der Waals surface area (Å²) in [6.45, 7) is 6.85. The average Bonchev–Trinajstić information content (AvgIpc) is 2.26. The first kappa shape index (κ1) is 16.2. The standard InChI is InChI=1S/C13H18ClN3O3/c1-7(11(15)18)17-9-5-10(14)16-6-8(9)12(19)20-13(2,3)4/h5-7H,1-4H3,(H2,15,18)(H,16,17)/t7-/m1/s1. The summed E-state index contributed by atoms with van der Waals surface area (Å²) in [4.78, 5) is 27.0. The topological polar surface area (TPSA) is 94.3 Å². The molecule has 1 heterocycles. The van der Waals surface area contributed by atoms with Gasteiger partial charge in [-0.15, -0.1) is 0 Å². The first-order valence-electron chi connectivity index (χ1n) is 6.05. The second kappa shape index (κ2) is 6.09. The molecule has 1 atom stereocenters. The molecular weight excluding hydrogens is 282 g/mol. The van der Waals surface area contributed by atoms with E-state index in [1.165, 1.54) is 12.3 Å². The highest BCUT2D eigenvalue weighted by atomic mass is 35.5. The van der Waals surface area contributed by atoms with Gasteiger partial charge in [-0.25, -0.2) is 9.78 Å². The third kappa shape index (κ3) is 4.70. The molecule has 1 aromatic rings. The zero-order valence-electron chi connectivity index (χ0n) is 11.9. The van der Waals surface area contributed by atoms with Gasteiger partial charge in [0.1, 0.15) is 22.4 Å². The molecule has 0 unspecified atom stereocenters. The van der Waals surface area contributed by atoms with Gasteiger partial charge in [0.25, 0.3) is 0 Å². The number of nitrogens with one attached hydrogen (secondary N) is 1. The Hall–Kier alpha value is -1.82. The van der Waals surface area contributed by atoms with E-state index in [4.69, 9.17) is 22.1 Å². The molecule has 110 valence electrons. The van der Waals surface area contributed by atoms with Crippen molar-refractivity contribution in [2.24, 2.45) is 5.73 Å². The lowest BCUT2D eigenvalue weighted by Crippen LogP contribution is -2.33. The van der Waals surface area contributed by atoms with Gasteiger partial charge in [0.05, 0.1) is 5.69 Å². The van der Waals surface area contributed by atoms with Gasteiger partial charge in [-0.3, -0.25) is 4.79 Å². The number of hydrogen-bond acceptors (Lipinski definition) is 5. The fraction of sp³-hybridized carbons (Fsp3) is 0.462. The Morgan fingerprint density at radius 1 is 1.45 bits per heavy atom. The van der Waals surface area contributed by atoms with Crippen LogP contribution in [-0.4, -0.2) is 28.5 Å². The molecule has 3 N–H and O–H groups in total. The van der Waals surface area contributed by atoms with Gasteiger partial charge in [-0.05, 0) is 33.8 Å². The van der Waals surface area contributed by atoms with Crippen LogP contribution in [0.5, 0.6) is 0 Å². The molecule has 0 spiro atoms. The summed E-state index contributed by atoms with van der Waals surface area (Å²) in [7, 11) is 0. The largest absolute Gasteiger partial charge is 0.456 e. The fourth-order valence-electron chi connectivity index (χ4n) is 1.35. The van der Waals surface area contributed by atoms with Crippen LogP contribution in [0, 0.1) is 0 Å². The predicted octanol–water partition coefficient (Wildman–Crippen LogP) is 1.98. The number of primary amides is 1. The van der Waals surface area contributed by atoms with Crippen LogP contribution in [0.25, 0.3) is 0 Å². The predicted molar refractivity (Wildman–Crippen MR) is 76.7 cm³/mol. The SMILES string of the molecule is C[C@@H](Nc1cc(Cl)ncc1C(=O)OC(C)(C)C)C(N)=O. The molecule has 0 bridgehead atoms. The van der Waals surface area contributed by atoms with Crippen molar-refractivity contribution in [1.29, 1.82) is 0 Å². The van der Waals surface area contributed by atoms with Gasteiger partial charge in [0.2, 0.25) is 5.91 Å². The number of amides is 1. The number of esters is 1. The summed E-state index contributed by atoms with van der Waals surface area (Å²) in [6, 6.07) is 0.787. The Morgan fingerprint density at radius 3 is 2.55 bits per heavy atom. The van der Waals surface area contributed by atoms with Crippen LogP contribution < -0.4 is 11.1 Å². The molecule has 7 heteroatoms. The third-order valence-electron chi connectivity index (χ3n) is 2.29. The number of carbonyl (C=O) groups excluding carboxylic acids is 2. The maximum absolute atomic E-state index is 12.1. The number of rotatable bonds is 4. The van der Waals surface area contributed by atoms with Crippen molar-refractivity contribution in [3.8, 4) is 0 Å². The van der Waals surface area contributed by atoms with Crippen LogP contribution in [0.2, 0.25) is 5.15 Å². The Balaban J connectivity index is 3.07. The van der Waals surface area contributed by atoms with E-state index < -0.39 is 23.5 Å². The van der Waals surface area contributed by atoms with Crippen LogP contribution in [-0.2, 0) is 9.53 Å². The monoisotopic (exact) mass is 299 g/mol. The normalized spacial score (nSPS) is 12.7. The molecule has 0 aliphatic carbocycles. The van der Waals surface area contributed by atoms with Gasteiger partial charge >= 0.3 is 5.97 Å². The molecule has 0 aliphatic heterocycles. The number of ether oxygens (including phenoxy) is 1. The number of aromatic nitrogens is 1. The molecule has 0 radical (unpaired) electrons. The average molecular weight is 300 g/mol. The summed E-state index contributed by atoms with van der Waals surface area (Å²) in [5, 5.41) is 3.01. The number of anilines is 1. The van der Waals surface area contributed by atoms with Crippen LogP contribution in [0.4, 0.5) is 5.69 Å². The minimum atomic E-state index is -0.658. The van der Waals surface area contributed by atoms with Crippen LogP contribution in [0.15, 0.2) is 12.3 Å². The second-order valence-corrected chi connectivity index (χ2v) is 5.71. The van der Waals surface area contributed by atoms with Crippen molar-refractivity contribution in [2.75, 3.05) is 5.32 Å². The van der Waals surface area contributed by atoms with E-state index in [9.17, 15) is 9.59 Å². The first-order valence-corrected chi connectivity index (χ1v) is 6.42. The second-order valence-electron chi connectivity index (χ2n) is 5.32. The molecular formula is C13H18ClN3O3. The van der Waals surface area contributed by atoms with Gasteiger partial charge in [0.15, 0.2) is 0 Å². The Morgan fingerprint density at radius 2 is 2.05 bits per heavy atom. The van der Waals surface area contributed by atoms with E-state index in [1.807, 2.05) is 0 Å². The van der Waals surface area contributed by atoms with E-state index >= 15 is 0 Å². The molecule has 6 nitrogen and oxygen atoms in total. The van der Waals surface area contributed by atoms with E-state index in [2.05, 4.69) is 10.3 Å². The summed E-state index contributed by atoms with van der Waals surface area (Å²) < 4.78 is 5.27. The van der Waals surface area contributed by atoms with Gasteiger partial charge in [-0.2, -0.15) is 0 Å². The van der Waals surface area contributed by atoms with Crippen LogP contribution >= 0.6 is 11.6 Å². The quantitative estimate of drug-likeness (QED) is 0.655. The van der Waals surface area contributed by atoms with Crippen LogP contribution in [0.3, 0.4) is 0 Å². The Kier molecular flexibility index (Phi) is 4.94. The lowest BCUT2D eigenvalue weighted by atomic mass is 10.1. The van der Waals surface area contributed by atoms with E-state index in [0.29, 0.717) is 5.69 Å². The molecule has 0 saturated heterocycles. The number of carbonyl (C=O) groups is 2. The highest BCUT2D eigenvalue weighted by Gasteiger charge is 2.22. The van der Waals surface area contributed by atoms with Gasteiger partial charge in [0, 0.05) is 6.20 Å². The maximum atomic E-state index is 12.1. The molecule has 0 fully saturated rings. The lowest BCUT2D eigenvalue weighted by Gasteiger charge is -2.21. The summed E-state index contributed by atoms with van der Waals surface area (Å²) in [5.41, 5.74) is 5.09. The van der Waals surface area contributed by atoms with Crippen molar-refractivity contribution < 1.29 is 14.3 Å². The zero-order valence-corrected chi connectivity index (χ0v) is 12.6. The third-order valence-corrected chi connectivity index (χ3v) is 2.49. The lowest BCUT2D eigenvalue weighted by molar-refractivity contribution is -0.118. The van der Waals surface area contributed by atoms with Crippen molar-refractivity contribution >= 4 is 29.2 Å². The van der Waals surface area contributed by atoms with Crippen LogP contribution in [0.1, 0.15) is 38.1 Å². The zero-order chi connectivity index (χ0) is 15.5. The number of halogens is 1. The molecule has 0 saturated carbocycles. The van der Waals surface area contributed by atoms with Gasteiger partial charge in [-0.1, -0.05) is 11.6 Å². The highest BCUT2D eigenvalue weighted by Crippen LogP contribution is 2.22. The van der Waals surface area contributed by atoms with E-state index in [0.717, 1.165) is 0 Å². The minimum absolute atomic E-state index is 0.191.